The van der Waals surface area contributed by atoms with Crippen LogP contribution in [0.3, 0.4) is 0 Å². The molecule has 1 heterocycles. The Labute approximate surface area is 148 Å². The third-order valence-electron chi connectivity index (χ3n) is 3.87. The molecule has 0 saturated heterocycles. The van der Waals surface area contributed by atoms with Crippen molar-refractivity contribution < 1.29 is 9.90 Å². The first-order valence-electron chi connectivity index (χ1n) is 8.52. The normalized spacial score (nSPS) is 13.5. The summed E-state index contributed by atoms with van der Waals surface area (Å²) in [5.41, 5.74) is 0.533. The fourth-order valence-electron chi connectivity index (χ4n) is 2.34. The molecule has 0 radical (unpaired) electrons. The lowest BCUT2D eigenvalue weighted by molar-refractivity contribution is 0.0481. The number of nitrogens with one attached hydrogen (secondary N) is 3. The highest BCUT2D eigenvalue weighted by Gasteiger charge is 2.21. The maximum absolute atomic E-state index is 12.1. The smallest absolute Gasteiger partial charge is 0.319 e. The molecule has 25 heavy (non-hydrogen) atoms. The Morgan fingerprint density at radius 1 is 1.40 bits per heavy atom. The van der Waals surface area contributed by atoms with E-state index in [1.54, 1.807) is 19.1 Å². The molecule has 1 aromatic carbocycles. The summed E-state index contributed by atoms with van der Waals surface area (Å²) in [4.78, 5) is 16.4. The van der Waals surface area contributed by atoms with Gasteiger partial charge in [-0.25, -0.2) is 9.78 Å². The number of anilines is 1. The number of amides is 2. The Hall–Kier alpha value is -2.41. The van der Waals surface area contributed by atoms with Crippen LogP contribution >= 0.6 is 0 Å². The number of aryl methyl sites for hydroxylation is 1. The summed E-state index contributed by atoms with van der Waals surface area (Å²) in [5.74, 6) is 1.83. The van der Waals surface area contributed by atoms with E-state index >= 15 is 0 Å². The average Bonchev–Trinajstić information content (AvgIpc) is 2.98. The van der Waals surface area contributed by atoms with E-state index in [0.29, 0.717) is 23.9 Å². The highest BCUT2D eigenvalue weighted by molar-refractivity contribution is 5.89. The number of benzene rings is 1. The lowest BCUT2D eigenvalue weighted by Gasteiger charge is -2.24. The Bertz CT molecular complexity index is 709. The molecule has 0 aliphatic carbocycles. The zero-order chi connectivity index (χ0) is 18.4. The molecule has 4 N–H and O–H groups in total. The van der Waals surface area contributed by atoms with Crippen molar-refractivity contribution in [1.29, 1.82) is 0 Å². The van der Waals surface area contributed by atoms with Crippen LogP contribution in [-0.2, 0) is 0 Å². The number of aromatic amines is 1. The molecule has 7 heteroatoms. The molecule has 1 atom stereocenters. The summed E-state index contributed by atoms with van der Waals surface area (Å²) in [6, 6.07) is 6.95. The van der Waals surface area contributed by atoms with Crippen LogP contribution in [0.15, 0.2) is 24.3 Å². The van der Waals surface area contributed by atoms with Crippen molar-refractivity contribution >= 4 is 11.7 Å². The van der Waals surface area contributed by atoms with Crippen LogP contribution in [0.1, 0.15) is 39.4 Å². The van der Waals surface area contributed by atoms with Gasteiger partial charge in [0.1, 0.15) is 5.82 Å². The Kier molecular flexibility index (Phi) is 6.14. The summed E-state index contributed by atoms with van der Waals surface area (Å²) in [7, 11) is 0. The molecule has 1 aromatic heterocycles. The third kappa shape index (κ3) is 6.19. The SMILES string of the molecule is Cc1nc(-c2cccc(NC(=O)NCC(C)(O)CCC(C)C)c2)n[nH]1. The number of aromatic nitrogens is 3. The first kappa shape index (κ1) is 18.9. The number of carbonyl (C=O) groups is 1. The second kappa shape index (κ2) is 8.11. The predicted molar refractivity (Wildman–Crippen MR) is 98.3 cm³/mol. The number of nitrogens with zero attached hydrogens (tertiary/aromatic N) is 2. The van der Waals surface area contributed by atoms with Gasteiger partial charge in [0.2, 0.25) is 0 Å². The van der Waals surface area contributed by atoms with E-state index in [1.807, 2.05) is 19.1 Å². The molecular formula is C18H27N5O2. The zero-order valence-electron chi connectivity index (χ0n) is 15.3. The van der Waals surface area contributed by atoms with Crippen molar-refractivity contribution in [1.82, 2.24) is 20.5 Å². The number of hydrogen-bond acceptors (Lipinski definition) is 4. The third-order valence-corrected chi connectivity index (χ3v) is 3.87. The van der Waals surface area contributed by atoms with Crippen LogP contribution in [0.25, 0.3) is 11.4 Å². The van der Waals surface area contributed by atoms with E-state index in [9.17, 15) is 9.90 Å². The Morgan fingerprint density at radius 3 is 2.80 bits per heavy atom. The van der Waals surface area contributed by atoms with Gasteiger partial charge in [-0.05, 0) is 44.7 Å². The topological polar surface area (TPSA) is 103 Å². The number of urea groups is 1. The van der Waals surface area contributed by atoms with Crippen molar-refractivity contribution in [2.75, 3.05) is 11.9 Å². The van der Waals surface area contributed by atoms with Gasteiger partial charge in [0.15, 0.2) is 5.82 Å². The Balaban J connectivity index is 1.90. The quantitative estimate of drug-likeness (QED) is 0.619. The fourth-order valence-corrected chi connectivity index (χ4v) is 2.34. The molecule has 0 bridgehead atoms. The van der Waals surface area contributed by atoms with Crippen LogP contribution in [0.2, 0.25) is 0 Å². The first-order chi connectivity index (χ1) is 11.7. The maximum Gasteiger partial charge on any atom is 0.319 e. The molecule has 1 unspecified atom stereocenters. The van der Waals surface area contributed by atoms with Gasteiger partial charge in [-0.3, -0.25) is 5.10 Å². The minimum absolute atomic E-state index is 0.200. The molecular weight excluding hydrogens is 318 g/mol. The van der Waals surface area contributed by atoms with E-state index in [4.69, 9.17) is 0 Å². The zero-order valence-corrected chi connectivity index (χ0v) is 15.3. The van der Waals surface area contributed by atoms with E-state index in [1.165, 1.54) is 0 Å². The minimum atomic E-state index is -0.917. The van der Waals surface area contributed by atoms with Crippen molar-refractivity contribution in [2.24, 2.45) is 5.92 Å². The highest BCUT2D eigenvalue weighted by Crippen LogP contribution is 2.19. The number of hydrogen-bond donors (Lipinski definition) is 4. The van der Waals surface area contributed by atoms with Crippen LogP contribution in [0, 0.1) is 12.8 Å². The van der Waals surface area contributed by atoms with Gasteiger partial charge in [0.25, 0.3) is 0 Å². The summed E-state index contributed by atoms with van der Waals surface area (Å²) < 4.78 is 0. The molecule has 0 spiro atoms. The largest absolute Gasteiger partial charge is 0.388 e. The standard InChI is InChI=1S/C18H27N5O2/c1-12(2)8-9-18(4,25)11-19-17(24)21-15-7-5-6-14(10-15)16-20-13(3)22-23-16/h5-7,10,12,25H,8-9,11H2,1-4H3,(H2,19,21,24)(H,20,22,23). The number of H-pyrrole nitrogens is 1. The molecule has 7 nitrogen and oxygen atoms in total. The van der Waals surface area contributed by atoms with Gasteiger partial charge in [-0.1, -0.05) is 26.0 Å². The lowest BCUT2D eigenvalue weighted by Crippen LogP contribution is -2.42. The van der Waals surface area contributed by atoms with Gasteiger partial charge in [0.05, 0.1) is 5.60 Å². The van der Waals surface area contributed by atoms with E-state index in [0.717, 1.165) is 17.8 Å². The molecule has 0 saturated carbocycles. The summed E-state index contributed by atoms with van der Waals surface area (Å²) in [6.07, 6.45) is 1.55. The fraction of sp³-hybridized carbons (Fsp3) is 0.500. The number of carbonyl (C=O) groups excluding carboxylic acids is 1. The number of rotatable bonds is 7. The van der Waals surface area contributed by atoms with E-state index < -0.39 is 5.60 Å². The molecule has 0 fully saturated rings. The second-order valence-electron chi connectivity index (χ2n) is 7.06. The van der Waals surface area contributed by atoms with Gasteiger partial charge in [-0.15, -0.1) is 0 Å². The Morgan fingerprint density at radius 2 is 2.16 bits per heavy atom. The monoisotopic (exact) mass is 345 g/mol. The van der Waals surface area contributed by atoms with Crippen molar-refractivity contribution in [2.45, 2.75) is 46.1 Å². The first-order valence-corrected chi connectivity index (χ1v) is 8.52. The van der Waals surface area contributed by atoms with Crippen LogP contribution in [0.5, 0.6) is 0 Å². The van der Waals surface area contributed by atoms with Gasteiger partial charge < -0.3 is 15.7 Å². The van der Waals surface area contributed by atoms with Crippen molar-refractivity contribution in [3.63, 3.8) is 0 Å². The molecule has 2 amide bonds. The predicted octanol–water partition coefficient (Wildman–Crippen LogP) is 3.09. The van der Waals surface area contributed by atoms with Gasteiger partial charge in [0, 0.05) is 17.8 Å². The number of aliphatic hydroxyl groups is 1. The average molecular weight is 345 g/mol. The molecule has 136 valence electrons. The minimum Gasteiger partial charge on any atom is -0.388 e. The van der Waals surface area contributed by atoms with E-state index in [2.05, 4.69) is 39.7 Å². The summed E-state index contributed by atoms with van der Waals surface area (Å²) in [6.45, 7) is 7.99. The van der Waals surface area contributed by atoms with Crippen LogP contribution in [0.4, 0.5) is 10.5 Å². The van der Waals surface area contributed by atoms with E-state index in [-0.39, 0.29) is 12.6 Å². The second-order valence-corrected chi connectivity index (χ2v) is 7.06. The van der Waals surface area contributed by atoms with Gasteiger partial charge in [-0.2, -0.15) is 5.10 Å². The molecule has 0 aliphatic heterocycles. The summed E-state index contributed by atoms with van der Waals surface area (Å²) >= 11 is 0. The van der Waals surface area contributed by atoms with Crippen molar-refractivity contribution in [3.05, 3.63) is 30.1 Å². The lowest BCUT2D eigenvalue weighted by atomic mass is 9.95. The van der Waals surface area contributed by atoms with Crippen molar-refractivity contribution in [3.8, 4) is 11.4 Å². The maximum atomic E-state index is 12.1. The molecule has 2 aromatic rings. The van der Waals surface area contributed by atoms with Crippen LogP contribution in [-0.4, -0.2) is 38.5 Å². The van der Waals surface area contributed by atoms with Crippen LogP contribution < -0.4 is 10.6 Å². The highest BCUT2D eigenvalue weighted by atomic mass is 16.3. The molecule has 2 rings (SSSR count). The van der Waals surface area contributed by atoms with Gasteiger partial charge >= 0.3 is 6.03 Å². The summed E-state index contributed by atoms with van der Waals surface area (Å²) in [5, 5.41) is 22.7. The molecule has 0 aliphatic rings.